The molecule has 0 saturated carbocycles. The van der Waals surface area contributed by atoms with E-state index in [0.717, 1.165) is 0 Å². The zero-order valence-corrected chi connectivity index (χ0v) is 14.1. The molecule has 23 heavy (non-hydrogen) atoms. The van der Waals surface area contributed by atoms with Crippen LogP contribution in [0.25, 0.3) is 0 Å². The highest BCUT2D eigenvalue weighted by Gasteiger charge is 2.20. The molecule has 2 aromatic rings. The summed E-state index contributed by atoms with van der Waals surface area (Å²) in [4.78, 5) is 12.0. The van der Waals surface area contributed by atoms with Crippen LogP contribution in [0.15, 0.2) is 48.5 Å². The van der Waals surface area contributed by atoms with Crippen molar-refractivity contribution in [3.63, 3.8) is 0 Å². The predicted molar refractivity (Wildman–Crippen MR) is 91.8 cm³/mol. The van der Waals surface area contributed by atoms with E-state index in [-0.39, 0.29) is 0 Å². The molecule has 0 radical (unpaired) electrons. The van der Waals surface area contributed by atoms with Crippen molar-refractivity contribution in [2.45, 2.75) is 32.5 Å². The highest BCUT2D eigenvalue weighted by Crippen LogP contribution is 2.32. The fourth-order valence-electron chi connectivity index (χ4n) is 2.13. The van der Waals surface area contributed by atoms with Crippen LogP contribution in [0.2, 0.25) is 5.02 Å². The highest BCUT2D eigenvalue weighted by atomic mass is 35.5. The predicted octanol–water partition coefficient (Wildman–Crippen LogP) is 4.77. The number of rotatable bonds is 3. The number of benzene rings is 2. The van der Waals surface area contributed by atoms with Gasteiger partial charge in [0.05, 0.1) is 5.69 Å². The van der Waals surface area contributed by atoms with Gasteiger partial charge in [0.15, 0.2) is 0 Å². The first-order valence-corrected chi connectivity index (χ1v) is 7.67. The van der Waals surface area contributed by atoms with Crippen molar-refractivity contribution in [3.8, 4) is 0 Å². The summed E-state index contributed by atoms with van der Waals surface area (Å²) in [5, 5.41) is 13.8. The summed E-state index contributed by atoms with van der Waals surface area (Å²) >= 11 is 6.14. The van der Waals surface area contributed by atoms with Crippen LogP contribution >= 0.6 is 11.6 Å². The quantitative estimate of drug-likeness (QED) is 0.850. The smallest absolute Gasteiger partial charge is 0.412 e. The average molecular weight is 334 g/mol. The molecule has 5 heteroatoms. The molecule has 0 aromatic heterocycles. The second kappa shape index (κ2) is 7.02. The molecule has 0 heterocycles. The number of aliphatic hydroxyl groups excluding tert-OH is 1. The first-order chi connectivity index (χ1) is 10.8. The van der Waals surface area contributed by atoms with Crippen LogP contribution in [0.4, 0.5) is 10.5 Å². The summed E-state index contributed by atoms with van der Waals surface area (Å²) in [6.07, 6.45) is -1.52. The van der Waals surface area contributed by atoms with Crippen molar-refractivity contribution < 1.29 is 14.6 Å². The zero-order chi connectivity index (χ0) is 17.0. The van der Waals surface area contributed by atoms with Crippen molar-refractivity contribution in [3.05, 3.63) is 64.7 Å². The third kappa shape index (κ3) is 4.71. The van der Waals surface area contributed by atoms with Crippen LogP contribution in [0.5, 0.6) is 0 Å². The standard InChI is InChI=1S/C18H20ClNO3/c1-18(2,3)23-17(22)20-15-11-7-5-9-13(15)16(21)12-8-4-6-10-14(12)19/h4-11,16,21H,1-3H3,(H,20,22). The Balaban J connectivity index is 2.27. The van der Waals surface area contributed by atoms with Gasteiger partial charge in [0.2, 0.25) is 0 Å². The minimum atomic E-state index is -0.949. The van der Waals surface area contributed by atoms with Crippen LogP contribution in [0.1, 0.15) is 38.0 Å². The Morgan fingerprint density at radius 1 is 1.09 bits per heavy atom. The van der Waals surface area contributed by atoms with E-state index >= 15 is 0 Å². The maximum atomic E-state index is 12.0. The van der Waals surface area contributed by atoms with Gasteiger partial charge in [0.1, 0.15) is 11.7 Å². The summed E-state index contributed by atoms with van der Waals surface area (Å²) in [5.41, 5.74) is 1.01. The van der Waals surface area contributed by atoms with E-state index in [2.05, 4.69) is 5.32 Å². The monoisotopic (exact) mass is 333 g/mol. The van der Waals surface area contributed by atoms with E-state index in [0.29, 0.717) is 21.8 Å². The van der Waals surface area contributed by atoms with Crippen molar-refractivity contribution in [1.29, 1.82) is 0 Å². The summed E-state index contributed by atoms with van der Waals surface area (Å²) in [5.74, 6) is 0. The third-order valence-electron chi connectivity index (χ3n) is 3.09. The molecular formula is C18H20ClNO3. The van der Waals surface area contributed by atoms with Gasteiger partial charge >= 0.3 is 6.09 Å². The third-order valence-corrected chi connectivity index (χ3v) is 3.44. The molecule has 2 rings (SSSR count). The lowest BCUT2D eigenvalue weighted by atomic mass is 10.00. The van der Waals surface area contributed by atoms with Crippen LogP contribution in [0, 0.1) is 0 Å². The van der Waals surface area contributed by atoms with Gasteiger partial charge in [0, 0.05) is 16.1 Å². The number of para-hydroxylation sites is 1. The fraction of sp³-hybridized carbons (Fsp3) is 0.278. The van der Waals surface area contributed by atoms with E-state index in [1.807, 2.05) is 0 Å². The molecule has 122 valence electrons. The Kier molecular flexibility index (Phi) is 5.29. The molecule has 1 amide bonds. The normalized spacial score (nSPS) is 12.6. The molecule has 0 bridgehead atoms. The first kappa shape index (κ1) is 17.3. The number of hydrogen-bond donors (Lipinski definition) is 2. The van der Waals surface area contributed by atoms with Crippen LogP contribution in [-0.2, 0) is 4.74 Å². The van der Waals surface area contributed by atoms with Crippen molar-refractivity contribution in [1.82, 2.24) is 0 Å². The second-order valence-electron chi connectivity index (χ2n) is 6.14. The van der Waals surface area contributed by atoms with Gasteiger partial charge in [0.25, 0.3) is 0 Å². The minimum absolute atomic E-state index is 0.465. The van der Waals surface area contributed by atoms with Gasteiger partial charge in [-0.2, -0.15) is 0 Å². The van der Waals surface area contributed by atoms with E-state index in [1.165, 1.54) is 0 Å². The molecule has 2 N–H and O–H groups in total. The number of hydrogen-bond acceptors (Lipinski definition) is 3. The molecule has 0 fully saturated rings. The van der Waals surface area contributed by atoms with Gasteiger partial charge in [-0.15, -0.1) is 0 Å². The summed E-state index contributed by atoms with van der Waals surface area (Å²) in [6.45, 7) is 5.37. The molecule has 1 unspecified atom stereocenters. The van der Waals surface area contributed by atoms with Gasteiger partial charge in [-0.05, 0) is 32.9 Å². The molecule has 0 aliphatic rings. The van der Waals surface area contributed by atoms with Gasteiger partial charge in [-0.1, -0.05) is 48.0 Å². The molecule has 1 atom stereocenters. The molecular weight excluding hydrogens is 314 g/mol. The number of nitrogens with one attached hydrogen (secondary N) is 1. The molecule has 0 aliphatic carbocycles. The lowest BCUT2D eigenvalue weighted by Crippen LogP contribution is -2.27. The van der Waals surface area contributed by atoms with Gasteiger partial charge in [-0.3, -0.25) is 5.32 Å². The molecule has 0 aliphatic heterocycles. The fourth-order valence-corrected chi connectivity index (χ4v) is 2.37. The molecule has 0 spiro atoms. The lowest BCUT2D eigenvalue weighted by molar-refractivity contribution is 0.0635. The lowest BCUT2D eigenvalue weighted by Gasteiger charge is -2.21. The van der Waals surface area contributed by atoms with Crippen LogP contribution < -0.4 is 5.32 Å². The summed E-state index contributed by atoms with van der Waals surface area (Å²) in [6, 6.07) is 14.1. The van der Waals surface area contributed by atoms with Crippen molar-refractivity contribution in [2.75, 3.05) is 5.32 Å². The molecule has 0 saturated heterocycles. The van der Waals surface area contributed by atoms with Crippen LogP contribution in [0.3, 0.4) is 0 Å². The van der Waals surface area contributed by atoms with Crippen LogP contribution in [-0.4, -0.2) is 16.8 Å². The Hall–Kier alpha value is -2.04. The average Bonchev–Trinajstić information content (AvgIpc) is 2.45. The highest BCUT2D eigenvalue weighted by molar-refractivity contribution is 6.31. The number of aliphatic hydroxyl groups is 1. The number of amides is 1. The summed E-state index contributed by atoms with van der Waals surface area (Å²) < 4.78 is 5.25. The van der Waals surface area contributed by atoms with E-state index in [1.54, 1.807) is 69.3 Å². The number of halogens is 1. The number of carbonyl (C=O) groups excluding carboxylic acids is 1. The second-order valence-corrected chi connectivity index (χ2v) is 6.55. The molecule has 2 aromatic carbocycles. The SMILES string of the molecule is CC(C)(C)OC(=O)Nc1ccccc1C(O)c1ccccc1Cl. The number of anilines is 1. The Labute approximate surface area is 141 Å². The van der Waals surface area contributed by atoms with E-state index in [4.69, 9.17) is 16.3 Å². The molecule has 4 nitrogen and oxygen atoms in total. The van der Waals surface area contributed by atoms with Crippen molar-refractivity contribution in [2.24, 2.45) is 0 Å². The van der Waals surface area contributed by atoms with E-state index in [9.17, 15) is 9.90 Å². The van der Waals surface area contributed by atoms with Crippen molar-refractivity contribution >= 4 is 23.4 Å². The Morgan fingerprint density at radius 2 is 1.65 bits per heavy atom. The maximum absolute atomic E-state index is 12.0. The van der Waals surface area contributed by atoms with E-state index < -0.39 is 17.8 Å². The minimum Gasteiger partial charge on any atom is -0.444 e. The zero-order valence-electron chi connectivity index (χ0n) is 13.3. The largest absolute Gasteiger partial charge is 0.444 e. The number of carbonyl (C=O) groups is 1. The Bertz CT molecular complexity index is 695. The topological polar surface area (TPSA) is 58.6 Å². The Morgan fingerprint density at radius 3 is 2.26 bits per heavy atom. The van der Waals surface area contributed by atoms with Gasteiger partial charge < -0.3 is 9.84 Å². The summed E-state index contributed by atoms with van der Waals surface area (Å²) in [7, 11) is 0. The first-order valence-electron chi connectivity index (χ1n) is 7.29. The maximum Gasteiger partial charge on any atom is 0.412 e. The number of ether oxygens (including phenoxy) is 1. The van der Waals surface area contributed by atoms with Gasteiger partial charge in [-0.25, -0.2) is 4.79 Å².